The highest BCUT2D eigenvalue weighted by molar-refractivity contribution is 5.85. The van der Waals surface area contributed by atoms with E-state index in [-0.39, 0.29) is 12.5 Å². The molecule has 0 spiro atoms. The van der Waals surface area contributed by atoms with Gasteiger partial charge in [0.15, 0.2) is 0 Å². The molecule has 1 saturated heterocycles. The third kappa shape index (κ3) is 2.43. The highest BCUT2D eigenvalue weighted by Gasteiger charge is 2.38. The lowest BCUT2D eigenvalue weighted by Crippen LogP contribution is -2.59. The molecule has 0 aromatic carbocycles. The number of amides is 1. The second-order valence-electron chi connectivity index (χ2n) is 4.42. The molecular weight excluding hydrogens is 184 g/mol. The van der Waals surface area contributed by atoms with Crippen molar-refractivity contribution in [2.24, 2.45) is 5.73 Å². The SMILES string of the molecule is CC(C)(N)C(=O)NC1(CO)CCOC1. The first-order valence-corrected chi connectivity index (χ1v) is 4.70. The van der Waals surface area contributed by atoms with Crippen LogP contribution >= 0.6 is 0 Å². The van der Waals surface area contributed by atoms with Crippen molar-refractivity contribution in [3.8, 4) is 0 Å². The van der Waals surface area contributed by atoms with Crippen molar-refractivity contribution in [3.05, 3.63) is 0 Å². The Morgan fingerprint density at radius 3 is 2.71 bits per heavy atom. The van der Waals surface area contributed by atoms with Crippen molar-refractivity contribution in [2.45, 2.75) is 31.3 Å². The molecule has 5 heteroatoms. The summed E-state index contributed by atoms with van der Waals surface area (Å²) < 4.78 is 5.15. The van der Waals surface area contributed by atoms with Gasteiger partial charge in [0.2, 0.25) is 5.91 Å². The minimum atomic E-state index is -0.926. The van der Waals surface area contributed by atoms with Crippen LogP contribution in [0.1, 0.15) is 20.3 Å². The van der Waals surface area contributed by atoms with Crippen LogP contribution in [0.3, 0.4) is 0 Å². The Kier molecular flexibility index (Phi) is 3.14. The van der Waals surface area contributed by atoms with Crippen LogP contribution in [0.2, 0.25) is 0 Å². The average molecular weight is 202 g/mol. The number of aliphatic hydroxyl groups is 1. The van der Waals surface area contributed by atoms with Crippen LogP contribution < -0.4 is 11.1 Å². The van der Waals surface area contributed by atoms with Crippen LogP contribution in [0.5, 0.6) is 0 Å². The summed E-state index contributed by atoms with van der Waals surface area (Å²) in [4.78, 5) is 11.6. The smallest absolute Gasteiger partial charge is 0.240 e. The van der Waals surface area contributed by atoms with Gasteiger partial charge in [0, 0.05) is 6.61 Å². The first-order chi connectivity index (χ1) is 6.40. The predicted molar refractivity (Wildman–Crippen MR) is 51.7 cm³/mol. The first kappa shape index (κ1) is 11.4. The van der Waals surface area contributed by atoms with E-state index in [0.717, 1.165) is 0 Å². The van der Waals surface area contributed by atoms with Crippen LogP contribution in [-0.2, 0) is 9.53 Å². The monoisotopic (exact) mass is 202 g/mol. The van der Waals surface area contributed by atoms with Crippen LogP contribution in [0, 0.1) is 0 Å². The Balaban J connectivity index is 2.61. The fraction of sp³-hybridized carbons (Fsp3) is 0.889. The van der Waals surface area contributed by atoms with E-state index in [0.29, 0.717) is 19.6 Å². The maximum Gasteiger partial charge on any atom is 0.240 e. The van der Waals surface area contributed by atoms with E-state index in [9.17, 15) is 9.90 Å². The maximum atomic E-state index is 11.6. The topological polar surface area (TPSA) is 84.6 Å². The quantitative estimate of drug-likeness (QED) is 0.547. The van der Waals surface area contributed by atoms with E-state index in [2.05, 4.69) is 5.32 Å². The van der Waals surface area contributed by atoms with Crippen molar-refractivity contribution >= 4 is 5.91 Å². The number of ether oxygens (including phenoxy) is 1. The Morgan fingerprint density at radius 1 is 1.71 bits per heavy atom. The second kappa shape index (κ2) is 3.84. The molecule has 0 aliphatic carbocycles. The van der Waals surface area contributed by atoms with Crippen molar-refractivity contribution in [3.63, 3.8) is 0 Å². The minimum Gasteiger partial charge on any atom is -0.394 e. The van der Waals surface area contributed by atoms with Gasteiger partial charge in [-0.1, -0.05) is 0 Å². The van der Waals surface area contributed by atoms with Crippen LogP contribution in [0.15, 0.2) is 0 Å². The Morgan fingerprint density at radius 2 is 2.36 bits per heavy atom. The maximum absolute atomic E-state index is 11.6. The van der Waals surface area contributed by atoms with E-state index in [1.807, 2.05) is 0 Å². The van der Waals surface area contributed by atoms with Gasteiger partial charge >= 0.3 is 0 Å². The lowest BCUT2D eigenvalue weighted by atomic mass is 9.97. The van der Waals surface area contributed by atoms with E-state index in [1.165, 1.54) is 0 Å². The van der Waals surface area contributed by atoms with Crippen molar-refractivity contribution < 1.29 is 14.6 Å². The number of hydrogen-bond acceptors (Lipinski definition) is 4. The molecule has 82 valence electrons. The van der Waals surface area contributed by atoms with Crippen LogP contribution in [0.4, 0.5) is 0 Å². The number of rotatable bonds is 3. The average Bonchev–Trinajstić information content (AvgIpc) is 2.52. The van der Waals surface area contributed by atoms with Crippen LogP contribution in [0.25, 0.3) is 0 Å². The lowest BCUT2D eigenvalue weighted by molar-refractivity contribution is -0.127. The number of hydrogen-bond donors (Lipinski definition) is 3. The van der Waals surface area contributed by atoms with Gasteiger partial charge in [0.25, 0.3) is 0 Å². The van der Waals surface area contributed by atoms with Crippen molar-refractivity contribution in [1.29, 1.82) is 0 Å². The number of nitrogens with two attached hydrogens (primary N) is 1. The van der Waals surface area contributed by atoms with Gasteiger partial charge in [-0.2, -0.15) is 0 Å². The Hall–Kier alpha value is -0.650. The summed E-state index contributed by atoms with van der Waals surface area (Å²) in [6.45, 7) is 4.05. The molecule has 0 saturated carbocycles. The molecule has 1 amide bonds. The highest BCUT2D eigenvalue weighted by Crippen LogP contribution is 2.18. The number of aliphatic hydroxyl groups excluding tert-OH is 1. The van der Waals surface area contributed by atoms with Crippen molar-refractivity contribution in [1.82, 2.24) is 5.32 Å². The third-order valence-corrected chi connectivity index (χ3v) is 2.37. The zero-order valence-electron chi connectivity index (χ0n) is 8.67. The molecule has 1 fully saturated rings. The number of carbonyl (C=O) groups is 1. The van der Waals surface area contributed by atoms with E-state index in [4.69, 9.17) is 10.5 Å². The lowest BCUT2D eigenvalue weighted by Gasteiger charge is -2.30. The number of nitrogens with one attached hydrogen (secondary N) is 1. The summed E-state index contributed by atoms with van der Waals surface area (Å²) in [5.74, 6) is -0.267. The molecule has 1 aliphatic rings. The molecule has 0 aromatic rings. The molecule has 1 heterocycles. The zero-order valence-corrected chi connectivity index (χ0v) is 8.67. The molecular formula is C9H18N2O3. The first-order valence-electron chi connectivity index (χ1n) is 4.70. The minimum absolute atomic E-state index is 0.116. The molecule has 14 heavy (non-hydrogen) atoms. The molecule has 5 nitrogen and oxygen atoms in total. The summed E-state index contributed by atoms with van der Waals surface area (Å²) in [6, 6.07) is 0. The molecule has 0 radical (unpaired) electrons. The van der Waals surface area contributed by atoms with E-state index < -0.39 is 11.1 Å². The second-order valence-corrected chi connectivity index (χ2v) is 4.42. The molecule has 4 N–H and O–H groups in total. The molecule has 1 atom stereocenters. The summed E-state index contributed by atoms with van der Waals surface area (Å²) in [5.41, 5.74) is 4.08. The fourth-order valence-electron chi connectivity index (χ4n) is 1.27. The summed E-state index contributed by atoms with van der Waals surface area (Å²) in [5, 5.41) is 11.9. The zero-order chi connectivity index (χ0) is 10.8. The largest absolute Gasteiger partial charge is 0.394 e. The van der Waals surface area contributed by atoms with Gasteiger partial charge in [0.1, 0.15) is 0 Å². The van der Waals surface area contributed by atoms with Crippen LogP contribution in [-0.4, -0.2) is 41.9 Å². The molecule has 0 bridgehead atoms. The van der Waals surface area contributed by atoms with E-state index in [1.54, 1.807) is 13.8 Å². The third-order valence-electron chi connectivity index (χ3n) is 2.37. The highest BCUT2D eigenvalue weighted by atomic mass is 16.5. The van der Waals surface area contributed by atoms with Gasteiger partial charge in [-0.25, -0.2) is 0 Å². The molecule has 1 rings (SSSR count). The van der Waals surface area contributed by atoms with Gasteiger partial charge in [-0.3, -0.25) is 4.79 Å². The molecule has 1 aliphatic heterocycles. The van der Waals surface area contributed by atoms with Gasteiger partial charge in [-0.15, -0.1) is 0 Å². The van der Waals surface area contributed by atoms with Gasteiger partial charge < -0.3 is 20.9 Å². The fourth-order valence-corrected chi connectivity index (χ4v) is 1.27. The Bertz CT molecular complexity index is 217. The Labute approximate surface area is 83.6 Å². The van der Waals surface area contributed by atoms with Gasteiger partial charge in [-0.05, 0) is 20.3 Å². The molecule has 0 aromatic heterocycles. The standard InChI is InChI=1S/C9H18N2O3/c1-8(2,10)7(13)11-9(5-12)3-4-14-6-9/h12H,3-6,10H2,1-2H3,(H,11,13). The molecule has 1 unspecified atom stereocenters. The number of carbonyl (C=O) groups excluding carboxylic acids is 1. The van der Waals surface area contributed by atoms with E-state index >= 15 is 0 Å². The summed E-state index contributed by atoms with van der Waals surface area (Å²) >= 11 is 0. The normalized spacial score (nSPS) is 27.7. The van der Waals surface area contributed by atoms with Crippen molar-refractivity contribution in [2.75, 3.05) is 19.8 Å². The summed E-state index contributed by atoms with van der Waals surface area (Å²) in [7, 11) is 0. The predicted octanol–water partition coefficient (Wildman–Crippen LogP) is -1.01. The summed E-state index contributed by atoms with van der Waals surface area (Å²) in [6.07, 6.45) is 0.630. The van der Waals surface area contributed by atoms with Gasteiger partial charge in [0.05, 0.1) is 24.3 Å².